The highest BCUT2D eigenvalue weighted by atomic mass is 35.5. The molecular weight excluding hydrogens is 320 g/mol. The van der Waals surface area contributed by atoms with Crippen molar-refractivity contribution < 1.29 is 34.4 Å². The van der Waals surface area contributed by atoms with Crippen LogP contribution in [0, 0.1) is 0 Å². The van der Waals surface area contributed by atoms with Crippen LogP contribution in [-0.4, -0.2) is 76.9 Å². The van der Waals surface area contributed by atoms with Crippen molar-refractivity contribution in [3.8, 4) is 0 Å². The standard InChI is InChI=1S/C12H20N2O7.ClH/c1-14-8-6(15)4-20-7-3-12(11(18)19,21-9(7)8)2-5(13)10(16)17;/h5-9,14-15H,2-4,13H2,1H3,(H,16,17)(H,18,19);1H/t5-,6+,7+,8+,9-,12+;/m0./s1. The number of carboxylic acids is 2. The van der Waals surface area contributed by atoms with Crippen LogP contribution in [0.25, 0.3) is 0 Å². The van der Waals surface area contributed by atoms with Crippen LogP contribution in [0.1, 0.15) is 12.8 Å². The summed E-state index contributed by atoms with van der Waals surface area (Å²) in [5.74, 6) is -2.57. The van der Waals surface area contributed by atoms with Gasteiger partial charge in [0, 0.05) is 12.8 Å². The fourth-order valence-corrected chi connectivity index (χ4v) is 2.98. The third-order valence-electron chi connectivity index (χ3n) is 4.10. The monoisotopic (exact) mass is 340 g/mol. The molecule has 2 rings (SSSR count). The summed E-state index contributed by atoms with van der Waals surface area (Å²) >= 11 is 0. The molecule has 0 spiro atoms. The Labute approximate surface area is 133 Å². The minimum atomic E-state index is -1.72. The Hall–Kier alpha value is -0.970. The van der Waals surface area contributed by atoms with Gasteiger partial charge in [0.2, 0.25) is 0 Å². The SMILES string of the molecule is CN[C@H]1[C@H]2O[C@@](C[C@H](N)C(=O)O)(C(=O)O)C[C@H]2OC[C@H]1O.Cl. The van der Waals surface area contributed by atoms with Crippen LogP contribution in [0.3, 0.4) is 0 Å². The van der Waals surface area contributed by atoms with Gasteiger partial charge in [-0.1, -0.05) is 0 Å². The highest BCUT2D eigenvalue weighted by Gasteiger charge is 2.57. The molecule has 0 aromatic carbocycles. The largest absolute Gasteiger partial charge is 0.480 e. The molecule has 128 valence electrons. The number of halogens is 1. The molecule has 10 heteroatoms. The Bertz CT molecular complexity index is 438. The van der Waals surface area contributed by atoms with Gasteiger partial charge in [-0.15, -0.1) is 12.4 Å². The highest BCUT2D eigenvalue weighted by molar-refractivity contribution is 5.85. The lowest BCUT2D eigenvalue weighted by atomic mass is 9.89. The van der Waals surface area contributed by atoms with E-state index in [1.165, 1.54) is 0 Å². The van der Waals surface area contributed by atoms with Gasteiger partial charge in [-0.05, 0) is 7.05 Å². The van der Waals surface area contributed by atoms with Crippen molar-refractivity contribution in [1.82, 2.24) is 5.32 Å². The number of nitrogens with two attached hydrogens (primary N) is 1. The summed E-state index contributed by atoms with van der Waals surface area (Å²) in [6.45, 7) is 0.0662. The lowest BCUT2D eigenvalue weighted by Crippen LogP contribution is -2.57. The van der Waals surface area contributed by atoms with Gasteiger partial charge >= 0.3 is 11.9 Å². The second-order valence-corrected chi connectivity index (χ2v) is 5.49. The molecular formula is C12H21ClN2O7. The second kappa shape index (κ2) is 7.07. The smallest absolute Gasteiger partial charge is 0.336 e. The van der Waals surface area contributed by atoms with Crippen LogP contribution < -0.4 is 11.1 Å². The Morgan fingerprint density at radius 3 is 2.59 bits per heavy atom. The van der Waals surface area contributed by atoms with E-state index in [1.807, 2.05) is 0 Å². The fraction of sp³-hybridized carbons (Fsp3) is 0.833. The van der Waals surface area contributed by atoms with Crippen LogP contribution in [0.15, 0.2) is 0 Å². The second-order valence-electron chi connectivity index (χ2n) is 5.49. The summed E-state index contributed by atoms with van der Waals surface area (Å²) in [5.41, 5.74) is 3.74. The summed E-state index contributed by atoms with van der Waals surface area (Å²) in [7, 11) is 1.63. The number of hydrogen-bond donors (Lipinski definition) is 5. The van der Waals surface area contributed by atoms with Crippen molar-refractivity contribution >= 4 is 24.3 Å². The molecule has 6 atom stereocenters. The first-order chi connectivity index (χ1) is 9.80. The number of ether oxygens (including phenoxy) is 2. The van der Waals surface area contributed by atoms with Crippen molar-refractivity contribution in [2.75, 3.05) is 13.7 Å². The van der Waals surface area contributed by atoms with Crippen molar-refractivity contribution in [3.05, 3.63) is 0 Å². The van der Waals surface area contributed by atoms with Gasteiger partial charge in [-0.25, -0.2) is 4.79 Å². The van der Waals surface area contributed by atoms with Crippen molar-refractivity contribution in [2.24, 2.45) is 5.73 Å². The predicted octanol–water partition coefficient (Wildman–Crippen LogP) is -1.83. The third kappa shape index (κ3) is 3.34. The number of aliphatic hydroxyl groups is 1. The number of rotatable bonds is 5. The van der Waals surface area contributed by atoms with Crippen LogP contribution in [0.2, 0.25) is 0 Å². The molecule has 9 nitrogen and oxygen atoms in total. The van der Waals surface area contributed by atoms with Gasteiger partial charge in [0.1, 0.15) is 12.1 Å². The molecule has 0 aliphatic carbocycles. The van der Waals surface area contributed by atoms with E-state index in [9.17, 15) is 19.8 Å². The maximum absolute atomic E-state index is 11.6. The summed E-state index contributed by atoms with van der Waals surface area (Å²) in [6, 6.07) is -1.83. The molecule has 0 aromatic rings. The molecule has 0 amide bonds. The highest BCUT2D eigenvalue weighted by Crippen LogP contribution is 2.40. The van der Waals surface area contributed by atoms with Crippen LogP contribution >= 0.6 is 12.4 Å². The van der Waals surface area contributed by atoms with Crippen molar-refractivity contribution in [3.63, 3.8) is 0 Å². The topological polar surface area (TPSA) is 151 Å². The molecule has 0 unspecified atom stereocenters. The van der Waals surface area contributed by atoms with Gasteiger partial charge in [0.15, 0.2) is 5.60 Å². The number of nitrogens with one attached hydrogen (secondary N) is 1. The first-order valence-electron chi connectivity index (χ1n) is 6.67. The fourth-order valence-electron chi connectivity index (χ4n) is 2.98. The van der Waals surface area contributed by atoms with E-state index in [1.54, 1.807) is 7.05 Å². The molecule has 2 fully saturated rings. The average molecular weight is 341 g/mol. The van der Waals surface area contributed by atoms with E-state index in [0.29, 0.717) is 0 Å². The number of carbonyl (C=O) groups is 2. The lowest BCUT2D eigenvalue weighted by Gasteiger charge is -2.36. The van der Waals surface area contributed by atoms with Crippen LogP contribution in [0.4, 0.5) is 0 Å². The average Bonchev–Trinajstić information content (AvgIpc) is 2.78. The molecule has 22 heavy (non-hydrogen) atoms. The van der Waals surface area contributed by atoms with Crippen molar-refractivity contribution in [2.45, 2.75) is 48.8 Å². The molecule has 2 saturated heterocycles. The molecule has 0 radical (unpaired) electrons. The number of likely N-dealkylation sites (N-methyl/N-ethyl adjacent to an activating group) is 1. The van der Waals surface area contributed by atoms with Gasteiger partial charge in [0.25, 0.3) is 0 Å². The number of hydrogen-bond acceptors (Lipinski definition) is 7. The summed E-state index contributed by atoms with van der Waals surface area (Å²) < 4.78 is 11.0. The van der Waals surface area contributed by atoms with E-state index in [-0.39, 0.29) is 31.9 Å². The quantitative estimate of drug-likeness (QED) is 0.389. The molecule has 6 N–H and O–H groups in total. The van der Waals surface area contributed by atoms with Crippen LogP contribution in [-0.2, 0) is 19.1 Å². The van der Waals surface area contributed by atoms with Gasteiger partial charge < -0.3 is 35.8 Å². The Morgan fingerprint density at radius 1 is 1.45 bits per heavy atom. The van der Waals surface area contributed by atoms with E-state index in [2.05, 4.69) is 5.32 Å². The first kappa shape index (κ1) is 19.1. The summed E-state index contributed by atoms with van der Waals surface area (Å²) in [4.78, 5) is 22.5. The lowest BCUT2D eigenvalue weighted by molar-refractivity contribution is -0.175. The minimum Gasteiger partial charge on any atom is -0.480 e. The Morgan fingerprint density at radius 2 is 2.09 bits per heavy atom. The zero-order valence-electron chi connectivity index (χ0n) is 12.0. The number of carboxylic acid groups (broad SMARTS) is 2. The summed E-state index contributed by atoms with van der Waals surface area (Å²) in [6.07, 6.45) is -2.38. The summed E-state index contributed by atoms with van der Waals surface area (Å²) in [5, 5.41) is 31.1. The number of fused-ring (bicyclic) bond motifs is 1. The molecule has 0 saturated carbocycles. The zero-order chi connectivity index (χ0) is 15.8. The van der Waals surface area contributed by atoms with E-state index < -0.39 is 47.9 Å². The molecule has 2 aliphatic heterocycles. The van der Waals surface area contributed by atoms with Gasteiger partial charge in [-0.3, -0.25) is 4.79 Å². The normalized spacial score (nSPS) is 38.7. The van der Waals surface area contributed by atoms with Gasteiger partial charge in [0.05, 0.1) is 24.9 Å². The molecule has 2 heterocycles. The molecule has 0 aromatic heterocycles. The minimum absolute atomic E-state index is 0. The molecule has 2 aliphatic rings. The predicted molar refractivity (Wildman–Crippen MR) is 75.9 cm³/mol. The zero-order valence-corrected chi connectivity index (χ0v) is 12.8. The van der Waals surface area contributed by atoms with E-state index in [0.717, 1.165) is 0 Å². The van der Waals surface area contributed by atoms with E-state index >= 15 is 0 Å². The van der Waals surface area contributed by atoms with Crippen molar-refractivity contribution in [1.29, 1.82) is 0 Å². The maximum atomic E-state index is 11.6. The number of aliphatic carboxylic acids is 2. The Balaban J connectivity index is 0.00000242. The van der Waals surface area contributed by atoms with E-state index in [4.69, 9.17) is 20.3 Å². The Kier molecular flexibility index (Phi) is 6.13. The number of aliphatic hydroxyl groups excluding tert-OH is 1. The van der Waals surface area contributed by atoms with Crippen LogP contribution in [0.5, 0.6) is 0 Å². The molecule has 0 bridgehead atoms. The third-order valence-corrected chi connectivity index (χ3v) is 4.10. The first-order valence-corrected chi connectivity index (χ1v) is 6.67. The maximum Gasteiger partial charge on any atom is 0.336 e. The van der Waals surface area contributed by atoms with Gasteiger partial charge in [-0.2, -0.15) is 0 Å².